The third kappa shape index (κ3) is 15.3. The highest BCUT2D eigenvalue weighted by molar-refractivity contribution is 6.19. The monoisotopic (exact) mass is 2010 g/mol. The zero-order valence-electron chi connectivity index (χ0n) is 141. The van der Waals surface area contributed by atoms with Crippen LogP contribution in [0.3, 0.4) is 0 Å². The highest BCUT2D eigenvalue weighted by atomic mass is 16.3. The zero-order chi connectivity index (χ0) is 152. The number of fused-ring (bicyclic) bond motifs is 28. The van der Waals surface area contributed by atoms with Crippen molar-refractivity contribution in [1.82, 2.24) is 0 Å². The minimum Gasteiger partial charge on any atom is -0.454 e. The van der Waals surface area contributed by atoms with E-state index in [0.717, 1.165) is 50.9 Å². The van der Waals surface area contributed by atoms with Crippen LogP contribution in [0.15, 0.2) is 261 Å². The Labute approximate surface area is 955 Å². The van der Waals surface area contributed by atoms with Crippen LogP contribution in [0.4, 0.5) is 0 Å². The van der Waals surface area contributed by atoms with E-state index in [2.05, 4.69) is 0 Å². The molecule has 8 heterocycles. The molecule has 3 atom stereocenters. The third-order valence-corrected chi connectivity index (χ3v) is 31.0. The molecule has 0 radical (unpaired) electrons. The van der Waals surface area contributed by atoms with Crippen LogP contribution in [0.1, 0.15) is 374 Å². The lowest BCUT2D eigenvalue weighted by molar-refractivity contribution is -0.660. The molecule has 3 unspecified atom stereocenters. The molecule has 0 saturated heterocycles. The maximum Gasteiger partial charge on any atom is 0.216 e. The fourth-order valence-corrected chi connectivity index (χ4v) is 24.0. The number of benzene rings is 12. The Morgan fingerprint density at radius 3 is 0.899 bits per heavy atom. The summed E-state index contributed by atoms with van der Waals surface area (Å²) in [4.78, 5) is 0. The Morgan fingerprint density at radius 1 is 0.284 bits per heavy atom. The van der Waals surface area contributed by atoms with Gasteiger partial charge in [-0.3, -0.25) is 0 Å². The van der Waals surface area contributed by atoms with Gasteiger partial charge in [0.05, 0.1) is 22.3 Å². The number of hydrogen-bond acceptors (Lipinski definition) is 4. The lowest BCUT2D eigenvalue weighted by Gasteiger charge is -2.40. The summed E-state index contributed by atoms with van der Waals surface area (Å²) in [7, 11) is 6.86. The summed E-state index contributed by atoms with van der Waals surface area (Å²) < 4.78 is 502. The van der Waals surface area contributed by atoms with Gasteiger partial charge < -0.3 is 17.7 Å². The van der Waals surface area contributed by atoms with E-state index in [1.807, 2.05) is 93.6 Å². The van der Waals surface area contributed by atoms with Crippen molar-refractivity contribution < 1.29 is 111 Å². The molecule has 0 aliphatic heterocycles. The van der Waals surface area contributed by atoms with E-state index in [1.165, 1.54) is 67.0 Å². The second-order valence-electron chi connectivity index (χ2n) is 41.0. The van der Waals surface area contributed by atoms with Gasteiger partial charge >= 0.3 is 0 Å². The topological polar surface area (TPSA) is 68.1 Å². The normalized spacial score (nSPS) is 23.3. The first-order valence-corrected chi connectivity index (χ1v) is 49.3. The molecule has 8 heteroatoms. The van der Waals surface area contributed by atoms with E-state index in [0.29, 0.717) is 144 Å². The van der Waals surface area contributed by atoms with Crippen molar-refractivity contribution in [1.29, 1.82) is 0 Å². The van der Waals surface area contributed by atoms with Crippen molar-refractivity contribution in [2.24, 2.45) is 51.8 Å². The van der Waals surface area contributed by atoms with Gasteiger partial charge in [0.1, 0.15) is 72.9 Å². The lowest BCUT2D eigenvalue weighted by Crippen LogP contribution is -2.37. The second kappa shape index (κ2) is 37.3. The first-order chi connectivity index (χ1) is 92.2. The Kier molecular flexibility index (Phi) is 13.8. The fourth-order valence-electron chi connectivity index (χ4n) is 24.0. The van der Waals surface area contributed by atoms with E-state index in [-0.39, 0.29) is 113 Å². The molecule has 8 nitrogen and oxygen atoms in total. The van der Waals surface area contributed by atoms with Crippen LogP contribution in [0.25, 0.3) is 177 Å². The predicted molar refractivity (Wildman–Crippen MR) is 621 cm³/mol. The summed E-state index contributed by atoms with van der Waals surface area (Å²) in [5, 5.41) is 5.07. The van der Waals surface area contributed by atoms with Gasteiger partial charge in [0.15, 0.2) is 24.8 Å². The number of rotatable bonds is 16. The van der Waals surface area contributed by atoms with Gasteiger partial charge in [-0.1, -0.05) is 332 Å². The van der Waals surface area contributed by atoms with Crippen LogP contribution in [-0.4, -0.2) is 0 Å². The molecule has 0 bridgehead atoms. The maximum atomic E-state index is 9.75. The molecule has 4 aliphatic rings. The van der Waals surface area contributed by atoms with Gasteiger partial charge in [-0.25, -0.2) is 18.3 Å². The van der Waals surface area contributed by atoms with Crippen LogP contribution in [0.5, 0.6) is 0 Å². The molecule has 0 amide bonds. The predicted octanol–water partition coefficient (Wildman–Crippen LogP) is 36.6. The summed E-state index contributed by atoms with van der Waals surface area (Å²) in [6.45, 7) is -24.7. The van der Waals surface area contributed by atoms with Crippen LogP contribution in [0, 0.1) is 78.7 Å². The van der Waals surface area contributed by atoms with Crippen molar-refractivity contribution in [2.45, 2.75) is 264 Å². The summed E-state index contributed by atoms with van der Waals surface area (Å²) in [5.74, 6) is -19.1. The summed E-state index contributed by atoms with van der Waals surface area (Å²) in [5.41, 5.74) is 6.93. The zero-order valence-corrected chi connectivity index (χ0v) is 85.6. The van der Waals surface area contributed by atoms with Crippen molar-refractivity contribution in [3.8, 4) is 89.5 Å². The number of aryl methyl sites for hydroxylation is 12. The molecule has 752 valence electrons. The average molecular weight is 2010 g/mol. The molecule has 0 saturated carbocycles. The molecular weight excluding hydrogens is 1800 g/mol. The number of pyridine rings is 4. The number of nitrogens with zero attached hydrogens (tertiary/aromatic N) is 4. The summed E-state index contributed by atoms with van der Waals surface area (Å²) in [6.07, 6.45) is -0.0236. The van der Waals surface area contributed by atoms with Gasteiger partial charge in [-0.05, 0) is 239 Å². The average Bonchev–Trinajstić information content (AvgIpc) is 1.51. The first-order valence-electron chi connectivity index (χ1n) is 76.8. The summed E-state index contributed by atoms with van der Waals surface area (Å²) >= 11 is 0. The molecule has 4 aliphatic carbocycles. The standard InChI is InChI=1S/C38H44NO.C36H40NO.C34H36NO.C32H32NO/c1-22(2)19-38(20-23(3)4)31-13-11-10-12-29(31)35-32(38)17-16-28-27-15-14-25(7)34(36(27)40-37(28)35)33-18-30(24(5)6)26(8)21-39(33)9;1-20(2)28-18-31(37(9)19-24(28)8)32-23(7)14-15-25-26-16-17-30-33(35(26)38-34(25)32)27-12-10-11-13-29(27)36(30,21(3)4)22(5)6;1-8-34(9-2)27-13-11-10-12-25(27)31-28(34)17-16-24-23-15-14-21(5)30(32(23)36-33(24)31)29-18-26(20(3)4)22(6)19-35(29)7;1-18(2)24-16-27(33(7)17-20(24)4)28-19(3)12-13-21-22-14-15-26-29(31(22)34-30(21)28)23-10-8-9-11-25(23)32(26,5)6/h10-18,21-24H,19-20H2,1-9H3;10-22H,1-9H3;10-20H,8-9H2,1-7H3;8-18H,1-7H3/q4*+1/i1D3,2D3,3D3,4D3,8D3,19D2,22D,23D,24D;3D3,4D3,5D3,8D3,20D,21D,22D;1D3,2D3,6D3,20D;4D3,5D3,6D3,18D. The molecule has 148 heavy (non-hydrogen) atoms. The van der Waals surface area contributed by atoms with Crippen LogP contribution >= 0.6 is 0 Å². The highest BCUT2D eigenvalue weighted by Crippen LogP contribution is 2.63. The van der Waals surface area contributed by atoms with Gasteiger partial charge in [-0.2, -0.15) is 0 Å². The molecule has 12 aromatic carbocycles. The Bertz CT molecular complexity index is 11300. The smallest absolute Gasteiger partial charge is 0.216 e. The Balaban J connectivity index is 0.000000149. The largest absolute Gasteiger partial charge is 0.454 e. The van der Waals surface area contributed by atoms with Crippen LogP contribution in [0.2, 0.25) is 0 Å². The van der Waals surface area contributed by atoms with Crippen LogP contribution in [-0.2, 0) is 49.9 Å². The SMILES string of the molecule is [2H]C([2H])([2H])CC1(CC([2H])([2H])[2H])c2ccccc2-c2c1ccc1c2oc2c(-c3cc(C([2H])(C)C)c(C([2H])([2H])[2H])c[n+]3C)c(C)ccc21.[2H]C([2H])([2H])c1c[n+](C)c(-c2c(C)ccc3c2oc2c4c(ccc23)C(C([2H])(C)C([2H])([2H])[2H])(C([2H])(C([2H])([2H])[2H])C([2H])([2H])[2H])c2ccccc2-4)cc1C([2H])(C)C.[2H]C([2H])([2H])c1c[n+](C)c(-c2c(C)ccc3c2oc2c4c(ccc23)C(C([2H])([2H])[2H])(C([2H])([2H])[2H])c2ccccc2-4)cc1C([2H])(C)C.[2H]C([2H])([2H])c1c[n+](C)c(-c2c(C)ccc3c2oc2c4c(ccc23)C(CC([2H])(C([2H])([2H])[2H])C([2H])([2H])[2H])(C([2H])([2H])C([2H])(C([2H])([2H])[2H])C([2H])([2H])[2H])c2ccccc2-4)cc1C([2H])(C)C. The summed E-state index contributed by atoms with van der Waals surface area (Å²) in [6, 6.07) is 60.6. The van der Waals surface area contributed by atoms with Gasteiger partial charge in [0.25, 0.3) is 0 Å². The van der Waals surface area contributed by atoms with E-state index in [4.69, 9.17) is 84.8 Å². The van der Waals surface area contributed by atoms with Crippen molar-refractivity contribution in [3.63, 3.8) is 0 Å². The molecule has 8 aromatic heterocycles. The number of furan rings is 4. The van der Waals surface area contributed by atoms with Crippen molar-refractivity contribution in [2.75, 3.05) is 0 Å². The van der Waals surface area contributed by atoms with E-state index >= 15 is 0 Å². The molecule has 0 fully saturated rings. The number of hydrogen-bond donors (Lipinski definition) is 0. The Hall–Kier alpha value is -13.6. The van der Waals surface area contributed by atoms with Gasteiger partial charge in [0.2, 0.25) is 22.8 Å². The van der Waals surface area contributed by atoms with Crippen molar-refractivity contribution >= 4 is 87.8 Å². The highest BCUT2D eigenvalue weighted by Gasteiger charge is 2.51. The third-order valence-electron chi connectivity index (χ3n) is 31.0. The quantitative estimate of drug-likeness (QED) is 0.0904. The van der Waals surface area contributed by atoms with Gasteiger partial charge in [0, 0.05) is 209 Å². The minimum absolute atomic E-state index is 0.0256. The Morgan fingerprint density at radius 2 is 0.568 bits per heavy atom. The second-order valence-corrected chi connectivity index (χ2v) is 41.0. The molecule has 20 aromatic rings. The van der Waals surface area contributed by atoms with Crippen molar-refractivity contribution in [3.05, 3.63) is 354 Å². The molecule has 0 N–H and O–H groups in total. The van der Waals surface area contributed by atoms with E-state index in [9.17, 15) is 8.22 Å². The lowest BCUT2D eigenvalue weighted by atomic mass is 9.63. The van der Waals surface area contributed by atoms with Crippen LogP contribution < -0.4 is 18.3 Å². The maximum absolute atomic E-state index is 9.75. The molecular formula is C140H152N4O4+4. The van der Waals surface area contributed by atoms with E-state index < -0.39 is 184 Å². The van der Waals surface area contributed by atoms with E-state index in [1.54, 1.807) is 212 Å². The first kappa shape index (κ1) is 54.6. The number of aromatic nitrogens is 4. The van der Waals surface area contributed by atoms with Gasteiger partial charge in [-0.15, -0.1) is 0 Å². The molecule has 24 rings (SSSR count). The molecule has 0 spiro atoms. The minimum atomic E-state index is -4.04. The fraction of sp³-hybridized carbons (Fsp3) is 0.343.